The van der Waals surface area contributed by atoms with Crippen molar-refractivity contribution >= 4 is 0 Å². The smallest absolute Gasteiger partial charge is 0.00950 e. The topological polar surface area (TPSA) is 15.3 Å². The number of hydrogen-bond donors (Lipinski definition) is 1. The van der Waals surface area contributed by atoms with Gasteiger partial charge in [0.2, 0.25) is 0 Å². The molecular weight excluding hydrogens is 220 g/mol. The molecule has 0 aromatic heterocycles. The molecule has 0 aromatic carbocycles. The van der Waals surface area contributed by atoms with E-state index in [4.69, 9.17) is 0 Å². The van der Waals surface area contributed by atoms with E-state index in [9.17, 15) is 0 Å². The Bertz CT molecular complexity index is 197. The van der Waals surface area contributed by atoms with Gasteiger partial charge in [0, 0.05) is 18.1 Å². The molecule has 108 valence electrons. The summed E-state index contributed by atoms with van der Waals surface area (Å²) >= 11 is 0. The maximum Gasteiger partial charge on any atom is 0.00950 e. The molecule has 1 aliphatic carbocycles. The van der Waals surface area contributed by atoms with E-state index in [1.54, 1.807) is 0 Å². The summed E-state index contributed by atoms with van der Waals surface area (Å²) in [5.41, 5.74) is 0. The number of hydrogen-bond acceptors (Lipinski definition) is 2. The lowest BCUT2D eigenvalue weighted by Crippen LogP contribution is -2.42. The largest absolute Gasteiger partial charge is 0.314 e. The van der Waals surface area contributed by atoms with Crippen molar-refractivity contribution in [1.82, 2.24) is 10.2 Å². The Labute approximate surface area is 115 Å². The standard InChI is InChI=1S/C16H34N2/c1-5-12-17-14(2)13-15(3)18(4)16-10-8-6-7-9-11-16/h14-17H,5-13H2,1-4H3. The van der Waals surface area contributed by atoms with Crippen molar-refractivity contribution in [2.45, 2.75) is 90.3 Å². The van der Waals surface area contributed by atoms with Gasteiger partial charge in [-0.15, -0.1) is 0 Å². The van der Waals surface area contributed by atoms with Gasteiger partial charge >= 0.3 is 0 Å². The van der Waals surface area contributed by atoms with Gasteiger partial charge < -0.3 is 10.2 Å². The van der Waals surface area contributed by atoms with Crippen LogP contribution in [0.2, 0.25) is 0 Å². The maximum absolute atomic E-state index is 3.61. The Hall–Kier alpha value is -0.0800. The minimum absolute atomic E-state index is 0.646. The molecule has 0 amide bonds. The zero-order valence-electron chi connectivity index (χ0n) is 13.0. The van der Waals surface area contributed by atoms with Crippen molar-refractivity contribution in [3.63, 3.8) is 0 Å². The Morgan fingerprint density at radius 3 is 2.28 bits per heavy atom. The van der Waals surface area contributed by atoms with Gasteiger partial charge in [-0.2, -0.15) is 0 Å². The molecule has 18 heavy (non-hydrogen) atoms. The monoisotopic (exact) mass is 254 g/mol. The molecular formula is C16H34N2. The second kappa shape index (κ2) is 8.92. The molecule has 1 N–H and O–H groups in total. The highest BCUT2D eigenvalue weighted by atomic mass is 15.2. The first-order chi connectivity index (χ1) is 8.65. The van der Waals surface area contributed by atoms with E-state index >= 15 is 0 Å². The molecule has 2 atom stereocenters. The van der Waals surface area contributed by atoms with Crippen LogP contribution in [0.15, 0.2) is 0 Å². The Balaban J connectivity index is 2.32. The predicted octanol–water partition coefficient (Wildman–Crippen LogP) is 3.81. The van der Waals surface area contributed by atoms with Gasteiger partial charge in [0.1, 0.15) is 0 Å². The van der Waals surface area contributed by atoms with E-state index in [0.717, 1.165) is 12.6 Å². The molecule has 1 saturated carbocycles. The van der Waals surface area contributed by atoms with Crippen LogP contribution in [-0.2, 0) is 0 Å². The summed E-state index contributed by atoms with van der Waals surface area (Å²) in [5, 5.41) is 3.61. The molecule has 1 rings (SSSR count). The van der Waals surface area contributed by atoms with E-state index in [1.807, 2.05) is 0 Å². The number of rotatable bonds is 7. The van der Waals surface area contributed by atoms with Crippen LogP contribution >= 0.6 is 0 Å². The second-order valence-corrected chi connectivity index (χ2v) is 6.25. The van der Waals surface area contributed by atoms with Gasteiger partial charge in [-0.3, -0.25) is 0 Å². The third-order valence-electron chi connectivity index (χ3n) is 4.53. The van der Waals surface area contributed by atoms with Gasteiger partial charge in [-0.05, 0) is 53.1 Å². The third-order valence-corrected chi connectivity index (χ3v) is 4.53. The van der Waals surface area contributed by atoms with Crippen LogP contribution in [0.5, 0.6) is 0 Å². The molecule has 0 heterocycles. The molecule has 2 heteroatoms. The lowest BCUT2D eigenvalue weighted by molar-refractivity contribution is 0.152. The number of nitrogens with one attached hydrogen (secondary N) is 1. The van der Waals surface area contributed by atoms with Gasteiger partial charge in [-0.1, -0.05) is 32.6 Å². The average Bonchev–Trinajstić information content (AvgIpc) is 2.64. The third kappa shape index (κ3) is 5.71. The molecule has 0 spiro atoms. The number of nitrogens with zero attached hydrogens (tertiary/aromatic N) is 1. The highest BCUT2D eigenvalue weighted by molar-refractivity contribution is 4.78. The maximum atomic E-state index is 3.61. The normalized spacial score (nSPS) is 21.8. The fourth-order valence-corrected chi connectivity index (χ4v) is 3.18. The Morgan fingerprint density at radius 1 is 1.11 bits per heavy atom. The highest BCUT2D eigenvalue weighted by Gasteiger charge is 2.21. The molecule has 1 fully saturated rings. The van der Waals surface area contributed by atoms with Crippen molar-refractivity contribution in [3.8, 4) is 0 Å². The fraction of sp³-hybridized carbons (Fsp3) is 1.00. The molecule has 0 radical (unpaired) electrons. The van der Waals surface area contributed by atoms with Crippen LogP contribution in [0.1, 0.15) is 72.1 Å². The van der Waals surface area contributed by atoms with E-state index in [2.05, 4.69) is 38.0 Å². The summed E-state index contributed by atoms with van der Waals surface area (Å²) in [6.45, 7) is 8.12. The molecule has 0 saturated heterocycles. The van der Waals surface area contributed by atoms with Crippen LogP contribution in [0.4, 0.5) is 0 Å². The van der Waals surface area contributed by atoms with Crippen LogP contribution in [0.3, 0.4) is 0 Å². The summed E-state index contributed by atoms with van der Waals surface area (Å²) in [7, 11) is 2.34. The van der Waals surface area contributed by atoms with Crippen molar-refractivity contribution in [1.29, 1.82) is 0 Å². The van der Waals surface area contributed by atoms with Gasteiger partial charge in [0.25, 0.3) is 0 Å². The Morgan fingerprint density at radius 2 is 1.72 bits per heavy atom. The minimum Gasteiger partial charge on any atom is -0.314 e. The molecule has 2 nitrogen and oxygen atoms in total. The predicted molar refractivity (Wildman–Crippen MR) is 81.1 cm³/mol. The highest BCUT2D eigenvalue weighted by Crippen LogP contribution is 2.23. The van der Waals surface area contributed by atoms with E-state index in [1.165, 1.54) is 51.4 Å². The van der Waals surface area contributed by atoms with Crippen LogP contribution in [0.25, 0.3) is 0 Å². The first kappa shape index (κ1) is 16.0. The molecule has 0 bridgehead atoms. The zero-order chi connectivity index (χ0) is 13.4. The first-order valence-corrected chi connectivity index (χ1v) is 8.10. The van der Waals surface area contributed by atoms with E-state index < -0.39 is 0 Å². The van der Waals surface area contributed by atoms with E-state index in [0.29, 0.717) is 12.1 Å². The zero-order valence-corrected chi connectivity index (χ0v) is 13.0. The van der Waals surface area contributed by atoms with Gasteiger partial charge in [0.05, 0.1) is 0 Å². The fourth-order valence-electron chi connectivity index (χ4n) is 3.18. The molecule has 1 aliphatic rings. The molecule has 0 aliphatic heterocycles. The van der Waals surface area contributed by atoms with Crippen molar-refractivity contribution in [2.24, 2.45) is 0 Å². The van der Waals surface area contributed by atoms with Crippen molar-refractivity contribution in [2.75, 3.05) is 13.6 Å². The molecule has 2 unspecified atom stereocenters. The van der Waals surface area contributed by atoms with Crippen LogP contribution in [0, 0.1) is 0 Å². The summed E-state index contributed by atoms with van der Waals surface area (Å²) in [5.74, 6) is 0. The second-order valence-electron chi connectivity index (χ2n) is 6.25. The SMILES string of the molecule is CCCNC(C)CC(C)N(C)C1CCCCCC1. The first-order valence-electron chi connectivity index (χ1n) is 8.10. The summed E-state index contributed by atoms with van der Waals surface area (Å²) < 4.78 is 0. The summed E-state index contributed by atoms with van der Waals surface area (Å²) in [4.78, 5) is 2.65. The lowest BCUT2D eigenvalue weighted by atomic mass is 10.0. The van der Waals surface area contributed by atoms with Crippen molar-refractivity contribution < 1.29 is 0 Å². The van der Waals surface area contributed by atoms with Gasteiger partial charge in [-0.25, -0.2) is 0 Å². The average molecular weight is 254 g/mol. The quantitative estimate of drug-likeness (QED) is 0.695. The van der Waals surface area contributed by atoms with E-state index in [-0.39, 0.29) is 0 Å². The van der Waals surface area contributed by atoms with Crippen molar-refractivity contribution in [3.05, 3.63) is 0 Å². The van der Waals surface area contributed by atoms with Crippen LogP contribution < -0.4 is 5.32 Å². The minimum atomic E-state index is 0.646. The summed E-state index contributed by atoms with van der Waals surface area (Å²) in [6.07, 6.45) is 11.1. The van der Waals surface area contributed by atoms with Crippen LogP contribution in [-0.4, -0.2) is 36.6 Å². The lowest BCUT2D eigenvalue weighted by Gasteiger charge is -2.34. The summed E-state index contributed by atoms with van der Waals surface area (Å²) in [6, 6.07) is 2.18. The molecule has 0 aromatic rings. The van der Waals surface area contributed by atoms with Gasteiger partial charge in [0.15, 0.2) is 0 Å². The Kier molecular flexibility index (Phi) is 7.92.